The van der Waals surface area contributed by atoms with Crippen LogP contribution in [0.3, 0.4) is 0 Å². The van der Waals surface area contributed by atoms with Gasteiger partial charge in [-0.3, -0.25) is 0 Å². The van der Waals surface area contributed by atoms with E-state index in [1.165, 1.54) is 70.6 Å². The minimum absolute atomic E-state index is 0.0681. The van der Waals surface area contributed by atoms with Gasteiger partial charge >= 0.3 is 0 Å². The fraction of sp³-hybridized carbons (Fsp3) is 0.913. The quantitative estimate of drug-likeness (QED) is 0.238. The molecule has 0 amide bonds. The van der Waals surface area contributed by atoms with E-state index in [1.807, 2.05) is 0 Å². The van der Waals surface area contributed by atoms with Crippen LogP contribution in [0.1, 0.15) is 90.4 Å². The van der Waals surface area contributed by atoms with E-state index < -0.39 is 24.4 Å². The Morgan fingerprint density at radius 3 is 2.04 bits per heavy atom. The molecule has 5 nitrogen and oxygen atoms in total. The molecule has 3 N–H and O–H groups in total. The second-order valence-corrected chi connectivity index (χ2v) is 8.08. The van der Waals surface area contributed by atoms with Crippen LogP contribution < -0.4 is 0 Å². The highest BCUT2D eigenvalue weighted by Gasteiger charge is 2.39. The van der Waals surface area contributed by atoms with Crippen molar-refractivity contribution in [2.24, 2.45) is 0 Å². The number of ether oxygens (including phenoxy) is 2. The van der Waals surface area contributed by atoms with Gasteiger partial charge in [-0.1, -0.05) is 70.4 Å². The van der Waals surface area contributed by atoms with Crippen LogP contribution in [0.4, 0.5) is 0 Å². The molecular weight excluding hydrogens is 356 g/mol. The normalized spacial score (nSPS) is 23.6. The molecule has 1 aliphatic rings. The minimum Gasteiger partial charge on any atom is -0.388 e. The molecule has 4 atom stereocenters. The molecule has 0 spiro atoms. The van der Waals surface area contributed by atoms with Crippen molar-refractivity contribution in [3.8, 4) is 0 Å². The van der Waals surface area contributed by atoms with E-state index in [9.17, 15) is 15.3 Å². The summed E-state index contributed by atoms with van der Waals surface area (Å²) >= 11 is 0. The lowest BCUT2D eigenvalue weighted by Gasteiger charge is -2.20. The molecule has 0 saturated carbocycles. The van der Waals surface area contributed by atoms with Gasteiger partial charge < -0.3 is 24.8 Å². The summed E-state index contributed by atoms with van der Waals surface area (Å²) in [6.07, 6.45) is 17.6. The number of rotatable bonds is 18. The Labute approximate surface area is 172 Å². The van der Waals surface area contributed by atoms with Crippen molar-refractivity contribution in [2.45, 2.75) is 115 Å². The smallest absolute Gasteiger partial charge is 0.114 e. The summed E-state index contributed by atoms with van der Waals surface area (Å²) in [6.45, 7) is 3.07. The number of hydrogen-bond donors (Lipinski definition) is 3. The van der Waals surface area contributed by atoms with Gasteiger partial charge in [0.25, 0.3) is 0 Å². The summed E-state index contributed by atoms with van der Waals surface area (Å²) in [5, 5.41) is 29.0. The molecule has 0 aromatic rings. The monoisotopic (exact) mass is 400 g/mol. The predicted octanol–water partition coefficient (Wildman–Crippen LogP) is 4.13. The highest BCUT2D eigenvalue weighted by Crippen LogP contribution is 2.18. The Morgan fingerprint density at radius 1 is 0.893 bits per heavy atom. The van der Waals surface area contributed by atoms with Gasteiger partial charge in [-0.15, -0.1) is 0 Å². The SMILES string of the molecule is CCCCC/C=C/CCCCCCCCCCOC[C@H](O)[C@H]1OC[C@@H](O)[C@H]1O. The topological polar surface area (TPSA) is 79.2 Å². The highest BCUT2D eigenvalue weighted by molar-refractivity contribution is 4.87. The lowest BCUT2D eigenvalue weighted by Crippen LogP contribution is -2.40. The molecule has 28 heavy (non-hydrogen) atoms. The van der Waals surface area contributed by atoms with E-state index in [-0.39, 0.29) is 13.2 Å². The Hall–Kier alpha value is -0.460. The molecule has 1 aliphatic heterocycles. The van der Waals surface area contributed by atoms with Crippen molar-refractivity contribution >= 4 is 0 Å². The van der Waals surface area contributed by atoms with Crippen LogP contribution in [0.5, 0.6) is 0 Å². The van der Waals surface area contributed by atoms with E-state index in [1.54, 1.807) is 0 Å². The zero-order valence-corrected chi connectivity index (χ0v) is 17.9. The predicted molar refractivity (Wildman–Crippen MR) is 113 cm³/mol. The molecule has 5 heteroatoms. The lowest BCUT2D eigenvalue weighted by atomic mass is 10.1. The fourth-order valence-corrected chi connectivity index (χ4v) is 3.54. The maximum absolute atomic E-state index is 9.94. The first-order valence-electron chi connectivity index (χ1n) is 11.5. The molecule has 166 valence electrons. The molecule has 1 rings (SSSR count). The van der Waals surface area contributed by atoms with Crippen molar-refractivity contribution in [3.63, 3.8) is 0 Å². The van der Waals surface area contributed by atoms with Crippen LogP contribution >= 0.6 is 0 Å². The van der Waals surface area contributed by atoms with Crippen LogP contribution in [0.25, 0.3) is 0 Å². The molecule has 0 unspecified atom stereocenters. The van der Waals surface area contributed by atoms with E-state index in [0.29, 0.717) is 6.61 Å². The Bertz CT molecular complexity index is 374. The molecule has 0 bridgehead atoms. The second-order valence-electron chi connectivity index (χ2n) is 8.08. The number of unbranched alkanes of at least 4 members (excludes halogenated alkanes) is 11. The number of allylic oxidation sites excluding steroid dienone is 2. The second kappa shape index (κ2) is 17.4. The van der Waals surface area contributed by atoms with Gasteiger partial charge in [0.15, 0.2) is 0 Å². The van der Waals surface area contributed by atoms with Crippen LogP contribution in [0.15, 0.2) is 12.2 Å². The summed E-state index contributed by atoms with van der Waals surface area (Å²) in [5.41, 5.74) is 0. The zero-order valence-electron chi connectivity index (χ0n) is 17.9. The van der Waals surface area contributed by atoms with Gasteiger partial charge in [-0.25, -0.2) is 0 Å². The van der Waals surface area contributed by atoms with Gasteiger partial charge in [0.05, 0.1) is 13.2 Å². The maximum Gasteiger partial charge on any atom is 0.114 e. The largest absolute Gasteiger partial charge is 0.388 e. The standard InChI is InChI=1S/C23H44O5/c1-2-3-4-5-6-7-8-9-10-11-12-13-14-15-16-17-27-18-21(25)23-22(26)20(24)19-28-23/h6-7,20-26H,2-5,8-19H2,1H3/b7-6+/t20-,21+,22-,23-/m1/s1. The third-order valence-electron chi connectivity index (χ3n) is 5.41. The van der Waals surface area contributed by atoms with Crippen molar-refractivity contribution < 1.29 is 24.8 Å². The Balaban J connectivity index is 1.78. The summed E-state index contributed by atoms with van der Waals surface area (Å²) < 4.78 is 10.7. The van der Waals surface area contributed by atoms with Crippen molar-refractivity contribution in [1.82, 2.24) is 0 Å². The minimum atomic E-state index is -1.03. The van der Waals surface area contributed by atoms with Gasteiger partial charge in [-0.2, -0.15) is 0 Å². The molecule has 1 saturated heterocycles. The average molecular weight is 401 g/mol. The van der Waals surface area contributed by atoms with Gasteiger partial charge in [0, 0.05) is 6.61 Å². The zero-order chi connectivity index (χ0) is 20.5. The molecule has 1 heterocycles. The highest BCUT2D eigenvalue weighted by atomic mass is 16.5. The van der Waals surface area contributed by atoms with Crippen molar-refractivity contribution in [3.05, 3.63) is 12.2 Å². The Kier molecular flexibility index (Phi) is 15.9. The third kappa shape index (κ3) is 12.2. The molecular formula is C23H44O5. The van der Waals surface area contributed by atoms with Gasteiger partial charge in [0.2, 0.25) is 0 Å². The lowest BCUT2D eigenvalue weighted by molar-refractivity contribution is -0.0813. The first-order chi connectivity index (χ1) is 13.7. The fourth-order valence-electron chi connectivity index (χ4n) is 3.54. The summed E-state index contributed by atoms with van der Waals surface area (Å²) in [7, 11) is 0. The van der Waals surface area contributed by atoms with Gasteiger partial charge in [0.1, 0.15) is 24.4 Å². The summed E-state index contributed by atoms with van der Waals surface area (Å²) in [6, 6.07) is 0. The number of aliphatic hydroxyl groups is 3. The van der Waals surface area contributed by atoms with E-state index in [0.717, 1.165) is 12.8 Å². The first-order valence-corrected chi connectivity index (χ1v) is 11.5. The van der Waals surface area contributed by atoms with Crippen LogP contribution in [-0.2, 0) is 9.47 Å². The van der Waals surface area contributed by atoms with Crippen LogP contribution in [0, 0.1) is 0 Å². The van der Waals surface area contributed by atoms with Crippen LogP contribution in [-0.4, -0.2) is 59.6 Å². The molecule has 0 radical (unpaired) electrons. The summed E-state index contributed by atoms with van der Waals surface area (Å²) in [4.78, 5) is 0. The van der Waals surface area contributed by atoms with Crippen molar-refractivity contribution in [2.75, 3.05) is 19.8 Å². The molecule has 1 fully saturated rings. The van der Waals surface area contributed by atoms with Crippen molar-refractivity contribution in [1.29, 1.82) is 0 Å². The molecule has 0 aromatic heterocycles. The van der Waals surface area contributed by atoms with E-state index >= 15 is 0 Å². The molecule has 0 aliphatic carbocycles. The summed E-state index contributed by atoms with van der Waals surface area (Å²) in [5.74, 6) is 0. The van der Waals surface area contributed by atoms with Gasteiger partial charge in [-0.05, 0) is 32.1 Å². The van der Waals surface area contributed by atoms with Crippen LogP contribution in [0.2, 0.25) is 0 Å². The van der Waals surface area contributed by atoms with E-state index in [2.05, 4.69) is 19.1 Å². The average Bonchev–Trinajstić information content (AvgIpc) is 3.03. The number of aliphatic hydroxyl groups excluding tert-OH is 3. The number of hydrogen-bond acceptors (Lipinski definition) is 5. The first kappa shape index (κ1) is 25.6. The molecule has 0 aromatic carbocycles. The van der Waals surface area contributed by atoms with E-state index in [4.69, 9.17) is 9.47 Å². The Morgan fingerprint density at radius 2 is 1.46 bits per heavy atom. The maximum atomic E-state index is 9.94. The third-order valence-corrected chi connectivity index (χ3v) is 5.41.